The summed E-state index contributed by atoms with van der Waals surface area (Å²) in [6.07, 6.45) is 3.11. The first-order chi connectivity index (χ1) is 13.4. The molecule has 0 spiro atoms. The lowest BCUT2D eigenvalue weighted by molar-refractivity contribution is -0.0494. The van der Waals surface area contributed by atoms with Gasteiger partial charge in [0.2, 0.25) is 0 Å². The molecule has 28 heavy (non-hydrogen) atoms. The predicted molar refractivity (Wildman–Crippen MR) is 105 cm³/mol. The summed E-state index contributed by atoms with van der Waals surface area (Å²) in [5.41, 5.74) is 0.829. The fourth-order valence-electron chi connectivity index (χ4n) is 2.67. The van der Waals surface area contributed by atoms with Gasteiger partial charge < -0.3 is 14.0 Å². The number of hydrogen-bond donors (Lipinski definition) is 0. The normalized spacial score (nSPS) is 10.9. The van der Waals surface area contributed by atoms with Crippen LogP contribution in [0.2, 0.25) is 5.02 Å². The van der Waals surface area contributed by atoms with E-state index in [0.29, 0.717) is 22.0 Å². The minimum atomic E-state index is -3.02. The van der Waals surface area contributed by atoms with Crippen molar-refractivity contribution in [1.82, 2.24) is 9.55 Å². The van der Waals surface area contributed by atoms with Crippen LogP contribution in [0.4, 0.5) is 8.78 Å². The molecule has 0 amide bonds. The number of benzene rings is 1. The van der Waals surface area contributed by atoms with Gasteiger partial charge in [-0.1, -0.05) is 27.5 Å². The molecule has 0 aliphatic rings. The summed E-state index contributed by atoms with van der Waals surface area (Å²) >= 11 is 9.37. The van der Waals surface area contributed by atoms with E-state index in [4.69, 9.17) is 16.3 Å². The Morgan fingerprint density at radius 3 is 2.61 bits per heavy atom. The fourth-order valence-corrected chi connectivity index (χ4v) is 3.22. The molecule has 5 nitrogen and oxygen atoms in total. The molecule has 0 saturated carbocycles. The van der Waals surface area contributed by atoms with Crippen molar-refractivity contribution in [2.24, 2.45) is 0 Å². The van der Waals surface area contributed by atoms with Gasteiger partial charge in [0, 0.05) is 32.9 Å². The predicted octanol–water partition coefficient (Wildman–Crippen LogP) is 4.98. The largest absolute Gasteiger partial charge is 0.495 e. The van der Waals surface area contributed by atoms with Gasteiger partial charge in [-0.3, -0.25) is 9.78 Å². The molecule has 9 heteroatoms. The number of aromatic nitrogens is 2. The smallest absolute Gasteiger partial charge is 0.387 e. The molecule has 0 unspecified atom stereocenters. The van der Waals surface area contributed by atoms with Gasteiger partial charge in [-0.15, -0.1) is 0 Å². The van der Waals surface area contributed by atoms with Gasteiger partial charge in [0.25, 0.3) is 5.56 Å². The van der Waals surface area contributed by atoms with Gasteiger partial charge in [0.15, 0.2) is 0 Å². The van der Waals surface area contributed by atoms with Gasteiger partial charge >= 0.3 is 6.61 Å². The van der Waals surface area contributed by atoms with E-state index in [0.717, 1.165) is 4.47 Å². The van der Waals surface area contributed by atoms with E-state index in [9.17, 15) is 13.6 Å². The quantitative estimate of drug-likeness (QED) is 0.509. The highest BCUT2D eigenvalue weighted by Crippen LogP contribution is 2.37. The molecule has 3 rings (SSSR count). The molecular weight excluding hydrogens is 458 g/mol. The van der Waals surface area contributed by atoms with Crippen LogP contribution in [0.5, 0.6) is 11.5 Å². The third kappa shape index (κ3) is 4.69. The summed E-state index contributed by atoms with van der Waals surface area (Å²) in [6, 6.07) is 9.05. The molecular formula is C19H14BrClF2N2O3. The van der Waals surface area contributed by atoms with Gasteiger partial charge in [0.1, 0.15) is 11.5 Å². The van der Waals surface area contributed by atoms with Crippen molar-refractivity contribution in [3.63, 3.8) is 0 Å². The number of nitrogens with zero attached hydrogens (tertiary/aromatic N) is 2. The topological polar surface area (TPSA) is 53.4 Å². The van der Waals surface area contributed by atoms with E-state index in [1.165, 1.54) is 42.1 Å². The maximum absolute atomic E-state index is 12.8. The third-order valence-corrected chi connectivity index (χ3v) is 4.60. The zero-order valence-corrected chi connectivity index (χ0v) is 16.9. The standard InChI is InChI=1S/C19H14BrClF2N2O3/c1-27-17-10-25(9-13-6-11(20)4-5-24-13)18(26)8-15(17)14-7-12(21)2-3-16(14)28-19(22)23/h2-8,10,19H,9H2,1H3. The average molecular weight is 472 g/mol. The molecule has 3 aromatic rings. The van der Waals surface area contributed by atoms with Crippen molar-refractivity contribution in [3.05, 3.63) is 74.3 Å². The van der Waals surface area contributed by atoms with E-state index in [1.54, 1.807) is 18.3 Å². The summed E-state index contributed by atoms with van der Waals surface area (Å²) in [5.74, 6) is 0.194. The van der Waals surface area contributed by atoms with Crippen LogP contribution in [0, 0.1) is 0 Å². The second-order valence-corrected chi connectivity index (χ2v) is 7.06. The fraction of sp³-hybridized carbons (Fsp3) is 0.158. The molecule has 2 aromatic heterocycles. The highest BCUT2D eigenvalue weighted by atomic mass is 79.9. The first-order valence-corrected chi connectivity index (χ1v) is 9.18. The van der Waals surface area contributed by atoms with Gasteiger partial charge in [-0.25, -0.2) is 0 Å². The number of pyridine rings is 2. The first kappa shape index (κ1) is 20.3. The molecule has 1 aromatic carbocycles. The molecule has 0 saturated heterocycles. The number of halogens is 4. The number of hydrogen-bond acceptors (Lipinski definition) is 4. The second kappa shape index (κ2) is 8.70. The molecule has 146 valence electrons. The summed E-state index contributed by atoms with van der Waals surface area (Å²) in [7, 11) is 1.42. The van der Waals surface area contributed by atoms with Gasteiger partial charge in [-0.2, -0.15) is 8.78 Å². The summed E-state index contributed by atoms with van der Waals surface area (Å²) in [6.45, 7) is -2.81. The zero-order chi connectivity index (χ0) is 20.3. The lowest BCUT2D eigenvalue weighted by Crippen LogP contribution is -2.20. The molecule has 0 N–H and O–H groups in total. The molecule has 0 aliphatic carbocycles. The molecule has 2 heterocycles. The highest BCUT2D eigenvalue weighted by molar-refractivity contribution is 9.10. The lowest BCUT2D eigenvalue weighted by Gasteiger charge is -2.15. The van der Waals surface area contributed by atoms with Crippen LogP contribution >= 0.6 is 27.5 Å². The van der Waals surface area contributed by atoms with E-state index in [-0.39, 0.29) is 23.4 Å². The minimum Gasteiger partial charge on any atom is -0.495 e. The third-order valence-electron chi connectivity index (χ3n) is 3.87. The van der Waals surface area contributed by atoms with E-state index < -0.39 is 6.61 Å². The molecule has 0 radical (unpaired) electrons. The molecule has 0 fully saturated rings. The Labute approximate surface area is 172 Å². The zero-order valence-electron chi connectivity index (χ0n) is 14.5. The van der Waals surface area contributed by atoms with Crippen molar-refractivity contribution in [1.29, 1.82) is 0 Å². The van der Waals surface area contributed by atoms with Crippen LogP contribution in [-0.4, -0.2) is 23.3 Å². The van der Waals surface area contributed by atoms with Crippen LogP contribution < -0.4 is 15.0 Å². The lowest BCUT2D eigenvalue weighted by atomic mass is 10.0. The minimum absolute atomic E-state index is 0.108. The highest BCUT2D eigenvalue weighted by Gasteiger charge is 2.17. The van der Waals surface area contributed by atoms with Crippen LogP contribution in [0.25, 0.3) is 11.1 Å². The Hall–Kier alpha value is -2.45. The van der Waals surface area contributed by atoms with Crippen molar-refractivity contribution >= 4 is 27.5 Å². The SMILES string of the molecule is COc1cn(Cc2cc(Br)ccn2)c(=O)cc1-c1cc(Cl)ccc1OC(F)F. The van der Waals surface area contributed by atoms with Gasteiger partial charge in [0.05, 0.1) is 25.5 Å². The van der Waals surface area contributed by atoms with Crippen molar-refractivity contribution in [2.75, 3.05) is 7.11 Å². The number of rotatable bonds is 6. The second-order valence-electron chi connectivity index (χ2n) is 5.71. The molecule has 0 aliphatic heterocycles. The Morgan fingerprint density at radius 1 is 1.18 bits per heavy atom. The number of alkyl halides is 2. The number of methoxy groups -OCH3 is 1. The maximum atomic E-state index is 12.8. The van der Waals surface area contributed by atoms with Gasteiger partial charge in [-0.05, 0) is 30.3 Å². The molecule has 0 bridgehead atoms. The summed E-state index contributed by atoms with van der Waals surface area (Å²) < 4.78 is 37.7. The van der Waals surface area contributed by atoms with Crippen LogP contribution in [0.1, 0.15) is 5.69 Å². The van der Waals surface area contributed by atoms with E-state index in [2.05, 4.69) is 25.7 Å². The summed E-state index contributed by atoms with van der Waals surface area (Å²) in [5, 5.41) is 0.307. The summed E-state index contributed by atoms with van der Waals surface area (Å²) in [4.78, 5) is 16.9. The monoisotopic (exact) mass is 470 g/mol. The van der Waals surface area contributed by atoms with Crippen molar-refractivity contribution < 1.29 is 18.3 Å². The Morgan fingerprint density at radius 2 is 1.93 bits per heavy atom. The Bertz CT molecular complexity index is 1060. The first-order valence-electron chi connectivity index (χ1n) is 8.01. The van der Waals surface area contributed by atoms with Crippen LogP contribution in [0.15, 0.2) is 58.1 Å². The Kier molecular flexibility index (Phi) is 6.31. The van der Waals surface area contributed by atoms with E-state index in [1.807, 2.05) is 0 Å². The van der Waals surface area contributed by atoms with Crippen LogP contribution in [-0.2, 0) is 6.54 Å². The maximum Gasteiger partial charge on any atom is 0.387 e. The number of ether oxygens (including phenoxy) is 2. The van der Waals surface area contributed by atoms with Crippen LogP contribution in [0.3, 0.4) is 0 Å². The van der Waals surface area contributed by atoms with E-state index >= 15 is 0 Å². The average Bonchev–Trinajstić information content (AvgIpc) is 2.64. The van der Waals surface area contributed by atoms with Crippen molar-refractivity contribution in [3.8, 4) is 22.6 Å². The van der Waals surface area contributed by atoms with Crippen molar-refractivity contribution in [2.45, 2.75) is 13.2 Å². The molecule has 0 atom stereocenters. The Balaban J connectivity index is 2.08.